The lowest BCUT2D eigenvalue weighted by molar-refractivity contribution is 0.286. The Kier molecular flexibility index (Phi) is 6.06. The third-order valence-electron chi connectivity index (χ3n) is 5.07. The molecule has 0 fully saturated rings. The van der Waals surface area contributed by atoms with Crippen LogP contribution in [0, 0.1) is 5.82 Å². The van der Waals surface area contributed by atoms with E-state index in [0.29, 0.717) is 39.9 Å². The lowest BCUT2D eigenvalue weighted by atomic mass is 9.99. The van der Waals surface area contributed by atoms with E-state index in [1.165, 1.54) is 6.07 Å². The highest BCUT2D eigenvalue weighted by Crippen LogP contribution is 2.30. The Morgan fingerprint density at radius 2 is 2.03 bits per heavy atom. The zero-order valence-corrected chi connectivity index (χ0v) is 17.6. The molecule has 0 N–H and O–H groups in total. The van der Waals surface area contributed by atoms with Crippen LogP contribution in [0.25, 0.3) is 5.69 Å². The molecule has 2 aromatic carbocycles. The van der Waals surface area contributed by atoms with Crippen LogP contribution in [0.2, 0.25) is 5.02 Å². The molecule has 0 saturated carbocycles. The summed E-state index contributed by atoms with van der Waals surface area (Å²) in [5.74, 6) is 1.08. The van der Waals surface area contributed by atoms with Crippen LogP contribution in [0.3, 0.4) is 0 Å². The SMILES string of the molecule is C=CCN(CCC)Cc1nnc2n1-c1cccc(F)c1C(c1ccccc1Cl)=NC2. The maximum absolute atomic E-state index is 15.2. The zero-order chi connectivity index (χ0) is 21.1. The average Bonchev–Trinajstić information content (AvgIpc) is 3.04. The highest BCUT2D eigenvalue weighted by atomic mass is 35.5. The Labute approximate surface area is 180 Å². The van der Waals surface area contributed by atoms with Crippen molar-refractivity contribution in [1.82, 2.24) is 19.7 Å². The van der Waals surface area contributed by atoms with Crippen molar-refractivity contribution in [3.63, 3.8) is 0 Å². The summed E-state index contributed by atoms with van der Waals surface area (Å²) in [7, 11) is 0. The quantitative estimate of drug-likeness (QED) is 0.512. The molecule has 0 bridgehead atoms. The smallest absolute Gasteiger partial charge is 0.159 e. The number of rotatable bonds is 7. The molecule has 30 heavy (non-hydrogen) atoms. The number of hydrogen-bond donors (Lipinski definition) is 0. The molecule has 0 spiro atoms. The van der Waals surface area contributed by atoms with Gasteiger partial charge in [0.1, 0.15) is 12.4 Å². The lowest BCUT2D eigenvalue weighted by Gasteiger charge is -2.20. The van der Waals surface area contributed by atoms with E-state index in [1.807, 2.05) is 34.9 Å². The van der Waals surface area contributed by atoms with Crippen LogP contribution in [0.1, 0.15) is 36.1 Å². The Hall–Kier alpha value is -2.83. The van der Waals surface area contributed by atoms with Crippen molar-refractivity contribution in [2.45, 2.75) is 26.4 Å². The van der Waals surface area contributed by atoms with Gasteiger partial charge in [-0.2, -0.15) is 0 Å². The van der Waals surface area contributed by atoms with Gasteiger partial charge in [-0.15, -0.1) is 16.8 Å². The van der Waals surface area contributed by atoms with Crippen LogP contribution in [0.4, 0.5) is 4.39 Å². The van der Waals surface area contributed by atoms with Crippen molar-refractivity contribution in [3.05, 3.63) is 88.7 Å². The fourth-order valence-electron chi connectivity index (χ4n) is 3.81. The van der Waals surface area contributed by atoms with Gasteiger partial charge in [-0.1, -0.05) is 48.9 Å². The summed E-state index contributed by atoms with van der Waals surface area (Å²) in [6.45, 7) is 8.51. The molecule has 4 rings (SSSR count). The first-order valence-corrected chi connectivity index (χ1v) is 10.4. The van der Waals surface area contributed by atoms with Gasteiger partial charge < -0.3 is 0 Å². The number of aliphatic imine (C=N–C) groups is 1. The monoisotopic (exact) mass is 423 g/mol. The first kappa shape index (κ1) is 20.4. The number of hydrogen-bond acceptors (Lipinski definition) is 4. The van der Waals surface area contributed by atoms with Crippen molar-refractivity contribution < 1.29 is 4.39 Å². The van der Waals surface area contributed by atoms with Crippen molar-refractivity contribution in [2.75, 3.05) is 13.1 Å². The van der Waals surface area contributed by atoms with E-state index in [-0.39, 0.29) is 12.4 Å². The van der Waals surface area contributed by atoms with Gasteiger partial charge >= 0.3 is 0 Å². The minimum absolute atomic E-state index is 0.289. The normalized spacial score (nSPS) is 12.9. The largest absolute Gasteiger partial charge is 0.292 e. The van der Waals surface area contributed by atoms with Gasteiger partial charge in [0.25, 0.3) is 0 Å². The topological polar surface area (TPSA) is 46.3 Å². The van der Waals surface area contributed by atoms with Crippen LogP contribution in [-0.4, -0.2) is 38.5 Å². The van der Waals surface area contributed by atoms with Gasteiger partial charge in [-0.3, -0.25) is 14.5 Å². The van der Waals surface area contributed by atoms with Crippen LogP contribution >= 0.6 is 11.6 Å². The van der Waals surface area contributed by atoms with Gasteiger partial charge in [0.2, 0.25) is 0 Å². The number of nitrogens with zero attached hydrogens (tertiary/aromatic N) is 5. The molecule has 0 unspecified atom stereocenters. The predicted molar refractivity (Wildman–Crippen MR) is 118 cm³/mol. The summed E-state index contributed by atoms with van der Waals surface area (Å²) in [5, 5.41) is 9.30. The van der Waals surface area contributed by atoms with E-state index in [0.717, 1.165) is 25.3 Å². The summed E-state index contributed by atoms with van der Waals surface area (Å²) < 4.78 is 17.1. The van der Waals surface area contributed by atoms with E-state index < -0.39 is 0 Å². The van der Waals surface area contributed by atoms with E-state index in [1.54, 1.807) is 12.1 Å². The van der Waals surface area contributed by atoms with Crippen LogP contribution < -0.4 is 0 Å². The first-order chi connectivity index (χ1) is 14.6. The van der Waals surface area contributed by atoms with E-state index in [9.17, 15) is 0 Å². The molecule has 1 aromatic heterocycles. The average molecular weight is 424 g/mol. The third-order valence-corrected chi connectivity index (χ3v) is 5.40. The molecular weight excluding hydrogens is 401 g/mol. The molecule has 2 heterocycles. The minimum atomic E-state index is -0.352. The predicted octanol–water partition coefficient (Wildman–Crippen LogP) is 4.81. The first-order valence-electron chi connectivity index (χ1n) is 9.99. The maximum atomic E-state index is 15.2. The molecule has 1 aliphatic heterocycles. The van der Waals surface area contributed by atoms with Gasteiger partial charge in [-0.25, -0.2) is 4.39 Å². The van der Waals surface area contributed by atoms with Crippen molar-refractivity contribution in [1.29, 1.82) is 0 Å². The summed E-state index contributed by atoms with van der Waals surface area (Å²) in [5.41, 5.74) is 2.32. The highest BCUT2D eigenvalue weighted by molar-refractivity contribution is 6.35. The molecule has 0 atom stereocenters. The number of fused-ring (bicyclic) bond motifs is 3. The third kappa shape index (κ3) is 3.80. The van der Waals surface area contributed by atoms with Crippen LogP contribution in [0.15, 0.2) is 60.1 Å². The molecule has 154 valence electrons. The second kappa shape index (κ2) is 8.90. The van der Waals surface area contributed by atoms with Crippen molar-refractivity contribution in [2.24, 2.45) is 4.99 Å². The Bertz CT molecular complexity index is 1100. The van der Waals surface area contributed by atoms with Crippen LogP contribution in [0.5, 0.6) is 0 Å². The van der Waals surface area contributed by atoms with Gasteiger partial charge in [0.05, 0.1) is 23.5 Å². The van der Waals surface area contributed by atoms with Crippen molar-refractivity contribution >= 4 is 17.3 Å². The molecule has 0 aliphatic carbocycles. The van der Waals surface area contributed by atoms with E-state index >= 15 is 4.39 Å². The molecule has 7 heteroatoms. The highest BCUT2D eigenvalue weighted by Gasteiger charge is 2.26. The fourth-order valence-corrected chi connectivity index (χ4v) is 4.03. The second-order valence-corrected chi connectivity index (χ2v) is 7.58. The lowest BCUT2D eigenvalue weighted by Crippen LogP contribution is -2.26. The summed E-state index contributed by atoms with van der Waals surface area (Å²) in [6, 6.07) is 12.4. The maximum Gasteiger partial charge on any atom is 0.159 e. The minimum Gasteiger partial charge on any atom is -0.292 e. The summed E-state index contributed by atoms with van der Waals surface area (Å²) >= 11 is 6.43. The molecule has 5 nitrogen and oxygen atoms in total. The standard InChI is InChI=1S/C23H23ClFN5/c1-3-12-29(13-4-2)15-21-28-27-20-14-26-23(16-8-5-6-9-17(16)24)22-18(25)10-7-11-19(22)30(20)21/h3,5-11H,1,4,12-15H2,2H3. The fraction of sp³-hybridized carbons (Fsp3) is 0.261. The van der Waals surface area contributed by atoms with Gasteiger partial charge in [0.15, 0.2) is 11.6 Å². The Balaban J connectivity index is 1.85. The summed E-state index contributed by atoms with van der Waals surface area (Å²) in [6.07, 6.45) is 2.89. The van der Waals surface area contributed by atoms with Crippen LogP contribution in [-0.2, 0) is 13.1 Å². The molecular formula is C23H23ClFN5. The Morgan fingerprint density at radius 1 is 1.20 bits per heavy atom. The summed E-state index contributed by atoms with van der Waals surface area (Å²) in [4.78, 5) is 6.94. The molecule has 3 aromatic rings. The molecule has 0 radical (unpaired) electrons. The van der Waals surface area contributed by atoms with E-state index in [4.69, 9.17) is 16.6 Å². The number of halogens is 2. The van der Waals surface area contributed by atoms with Gasteiger partial charge in [-0.05, 0) is 31.2 Å². The molecule has 0 saturated heterocycles. The molecule has 0 amide bonds. The number of aromatic nitrogens is 3. The number of benzene rings is 2. The zero-order valence-electron chi connectivity index (χ0n) is 16.9. The van der Waals surface area contributed by atoms with E-state index in [2.05, 4.69) is 28.6 Å². The molecule has 1 aliphatic rings. The second-order valence-electron chi connectivity index (χ2n) is 7.17. The Morgan fingerprint density at radius 3 is 2.80 bits per heavy atom. The van der Waals surface area contributed by atoms with Crippen molar-refractivity contribution in [3.8, 4) is 5.69 Å². The van der Waals surface area contributed by atoms with Gasteiger partial charge in [0, 0.05) is 17.1 Å².